The number of amides is 1. The van der Waals surface area contributed by atoms with E-state index in [4.69, 9.17) is 14.6 Å². The summed E-state index contributed by atoms with van der Waals surface area (Å²) in [5.74, 6) is -1.55. The van der Waals surface area contributed by atoms with Crippen LogP contribution in [0, 0.1) is 0 Å². The van der Waals surface area contributed by atoms with Crippen LogP contribution in [0.4, 0.5) is 23.8 Å². The van der Waals surface area contributed by atoms with Crippen LogP contribution in [0.25, 0.3) is 11.1 Å². The number of nitrogens with one attached hydrogen (secondary N) is 3. The van der Waals surface area contributed by atoms with Crippen LogP contribution in [0.1, 0.15) is 60.6 Å². The Kier molecular flexibility index (Phi) is 13.4. The number of rotatable bonds is 8. The highest BCUT2D eigenvalue weighted by Crippen LogP contribution is 2.35. The molecule has 1 heterocycles. The minimum Gasteiger partial charge on any atom is -0.507 e. The number of aliphatic carboxylic acids is 1. The van der Waals surface area contributed by atoms with Crippen LogP contribution in [-0.4, -0.2) is 70.4 Å². The summed E-state index contributed by atoms with van der Waals surface area (Å²) in [4.78, 5) is 41.8. The Morgan fingerprint density at radius 2 is 1.80 bits per heavy atom. The number of carbonyl (C=O) groups excluding carboxylic acids is 3. The van der Waals surface area contributed by atoms with Crippen molar-refractivity contribution in [3.63, 3.8) is 0 Å². The molecule has 1 aliphatic rings. The first-order valence-corrected chi connectivity index (χ1v) is 13.6. The van der Waals surface area contributed by atoms with Crippen molar-refractivity contribution in [2.45, 2.75) is 63.8 Å². The van der Waals surface area contributed by atoms with Gasteiger partial charge in [-0.15, -0.1) is 0 Å². The summed E-state index contributed by atoms with van der Waals surface area (Å²) >= 11 is 0. The molecular formula is C30H35F3N4O7. The van der Waals surface area contributed by atoms with Gasteiger partial charge in [0, 0.05) is 37.2 Å². The fourth-order valence-corrected chi connectivity index (χ4v) is 4.27. The second-order valence-electron chi connectivity index (χ2n) is 10.0. The van der Waals surface area contributed by atoms with Gasteiger partial charge in [0.25, 0.3) is 0 Å². The SMILES string of the molecule is CNc1cc(C2CCC(OC(=O)NC(C)C)C2)[nH]n1.O=C(O)C(F)(F)F.O=CCc1ccc(-c2cccc(O)c2C=O)cc1. The molecule has 3 aromatic rings. The highest BCUT2D eigenvalue weighted by atomic mass is 19.4. The highest BCUT2D eigenvalue weighted by molar-refractivity contribution is 5.90. The van der Waals surface area contributed by atoms with Crippen LogP contribution in [-0.2, 0) is 20.7 Å². The molecule has 0 radical (unpaired) electrons. The van der Waals surface area contributed by atoms with E-state index in [2.05, 4.69) is 20.8 Å². The standard InChI is InChI=1S/C15H12O3.C13H22N4O2.C2HF3O2/c16-9-8-11-4-6-12(7-5-11)13-2-1-3-15(18)14(13)10-17;1-8(2)15-13(18)19-10-5-4-9(6-10)11-7-12(14-3)17-16-11;3-2(4,5)1(6)7/h1-7,9-10,18H,8H2;7-10H,4-6H2,1-3H3,(H,15,18)(H2,14,16,17);(H,6,7). The largest absolute Gasteiger partial charge is 0.507 e. The third-order valence-corrected chi connectivity index (χ3v) is 6.39. The van der Waals surface area contributed by atoms with E-state index in [1.807, 2.05) is 51.2 Å². The van der Waals surface area contributed by atoms with Gasteiger partial charge in [0.05, 0.1) is 5.56 Å². The van der Waals surface area contributed by atoms with Crippen molar-refractivity contribution in [3.8, 4) is 16.9 Å². The molecule has 1 fully saturated rings. The molecular weight excluding hydrogens is 585 g/mol. The first kappa shape index (κ1) is 35.3. The number of aromatic amines is 1. The Hall–Kier alpha value is -4.88. The summed E-state index contributed by atoms with van der Waals surface area (Å²) in [6.07, 6.45) is -0.747. The number of anilines is 1. The number of halogens is 3. The van der Waals surface area contributed by atoms with Gasteiger partial charge in [-0.05, 0) is 55.9 Å². The Balaban J connectivity index is 0.000000254. The maximum absolute atomic E-state index is 11.5. The van der Waals surface area contributed by atoms with Crippen molar-refractivity contribution in [2.24, 2.45) is 0 Å². The van der Waals surface area contributed by atoms with E-state index in [0.717, 1.165) is 48.2 Å². The van der Waals surface area contributed by atoms with Crippen LogP contribution >= 0.6 is 0 Å². The van der Waals surface area contributed by atoms with Crippen molar-refractivity contribution in [2.75, 3.05) is 12.4 Å². The lowest BCUT2D eigenvalue weighted by Gasteiger charge is -2.14. The maximum atomic E-state index is 11.5. The molecule has 14 heteroatoms. The highest BCUT2D eigenvalue weighted by Gasteiger charge is 2.38. The lowest BCUT2D eigenvalue weighted by atomic mass is 9.98. The predicted octanol–water partition coefficient (Wildman–Crippen LogP) is 5.47. The number of hydrogen-bond donors (Lipinski definition) is 5. The molecule has 1 aromatic heterocycles. The van der Waals surface area contributed by atoms with Crippen molar-refractivity contribution in [1.29, 1.82) is 0 Å². The molecule has 0 bridgehead atoms. The molecule has 5 N–H and O–H groups in total. The molecule has 0 aliphatic heterocycles. The normalized spacial score (nSPS) is 15.6. The second-order valence-corrected chi connectivity index (χ2v) is 10.0. The molecule has 1 amide bonds. The lowest BCUT2D eigenvalue weighted by Crippen LogP contribution is -2.33. The van der Waals surface area contributed by atoms with Gasteiger partial charge in [-0.1, -0.05) is 36.4 Å². The first-order chi connectivity index (χ1) is 20.8. The number of carbonyl (C=O) groups is 4. The molecule has 238 valence electrons. The van der Waals surface area contributed by atoms with Crippen LogP contribution in [0.3, 0.4) is 0 Å². The topological polar surface area (TPSA) is 171 Å². The third-order valence-electron chi connectivity index (χ3n) is 6.39. The summed E-state index contributed by atoms with van der Waals surface area (Å²) in [6.45, 7) is 3.84. The molecule has 0 saturated heterocycles. The van der Waals surface area contributed by atoms with Crippen molar-refractivity contribution >= 4 is 30.5 Å². The number of aldehydes is 2. The zero-order valence-corrected chi connectivity index (χ0v) is 24.4. The number of benzene rings is 2. The molecule has 1 saturated carbocycles. The van der Waals surface area contributed by atoms with E-state index >= 15 is 0 Å². The van der Waals surface area contributed by atoms with Gasteiger partial charge in [-0.3, -0.25) is 9.89 Å². The number of carboxylic acid groups (broad SMARTS) is 1. The average molecular weight is 621 g/mol. The van der Waals surface area contributed by atoms with Gasteiger partial charge in [-0.2, -0.15) is 18.3 Å². The summed E-state index contributed by atoms with van der Waals surface area (Å²) < 4.78 is 37.1. The van der Waals surface area contributed by atoms with Crippen molar-refractivity contribution < 1.29 is 47.3 Å². The molecule has 2 atom stereocenters. The Bertz CT molecular complexity index is 1390. The van der Waals surface area contributed by atoms with E-state index in [0.29, 0.717) is 24.2 Å². The molecule has 2 aromatic carbocycles. The number of carboxylic acids is 1. The molecule has 4 rings (SSSR count). The van der Waals surface area contributed by atoms with Crippen molar-refractivity contribution in [3.05, 3.63) is 65.4 Å². The van der Waals surface area contributed by atoms with Crippen LogP contribution in [0.2, 0.25) is 0 Å². The van der Waals surface area contributed by atoms with E-state index in [9.17, 15) is 32.7 Å². The van der Waals surface area contributed by atoms with E-state index in [-0.39, 0.29) is 29.6 Å². The first-order valence-electron chi connectivity index (χ1n) is 13.6. The number of phenols is 1. The van der Waals surface area contributed by atoms with E-state index in [1.165, 1.54) is 6.07 Å². The van der Waals surface area contributed by atoms with Gasteiger partial charge in [0.2, 0.25) is 0 Å². The van der Waals surface area contributed by atoms with E-state index in [1.54, 1.807) is 12.1 Å². The fraction of sp³-hybridized carbons (Fsp3) is 0.367. The number of alkyl halides is 3. The predicted molar refractivity (Wildman–Crippen MR) is 156 cm³/mol. The van der Waals surface area contributed by atoms with Gasteiger partial charge < -0.3 is 30.4 Å². The van der Waals surface area contributed by atoms with Gasteiger partial charge in [0.1, 0.15) is 24.0 Å². The number of aromatic hydroxyl groups is 1. The third kappa shape index (κ3) is 11.1. The van der Waals surface area contributed by atoms with Gasteiger partial charge in [0.15, 0.2) is 6.29 Å². The Morgan fingerprint density at radius 1 is 1.14 bits per heavy atom. The van der Waals surface area contributed by atoms with Crippen LogP contribution < -0.4 is 10.6 Å². The van der Waals surface area contributed by atoms with E-state index < -0.39 is 12.1 Å². The lowest BCUT2D eigenvalue weighted by molar-refractivity contribution is -0.192. The quantitative estimate of drug-likeness (QED) is 0.205. The number of phenolic OH excluding ortho intramolecular Hbond substituents is 1. The number of H-pyrrole nitrogens is 1. The number of ether oxygens (including phenoxy) is 1. The average Bonchev–Trinajstić information content (AvgIpc) is 3.63. The molecule has 44 heavy (non-hydrogen) atoms. The van der Waals surface area contributed by atoms with Crippen LogP contribution in [0.15, 0.2) is 48.5 Å². The molecule has 2 unspecified atom stereocenters. The summed E-state index contributed by atoms with van der Waals surface area (Å²) in [5, 5.41) is 29.7. The minimum atomic E-state index is -5.08. The number of hydrogen-bond acceptors (Lipinski definition) is 8. The summed E-state index contributed by atoms with van der Waals surface area (Å²) in [6, 6.07) is 14.4. The number of aromatic nitrogens is 2. The van der Waals surface area contributed by atoms with Gasteiger partial charge in [-0.25, -0.2) is 9.59 Å². The second kappa shape index (κ2) is 16.7. The summed E-state index contributed by atoms with van der Waals surface area (Å²) in [7, 11) is 1.84. The van der Waals surface area contributed by atoms with Crippen LogP contribution in [0.5, 0.6) is 5.75 Å². The van der Waals surface area contributed by atoms with Gasteiger partial charge >= 0.3 is 18.2 Å². The maximum Gasteiger partial charge on any atom is 0.490 e. The zero-order valence-electron chi connectivity index (χ0n) is 24.4. The Labute approximate surface area is 251 Å². The molecule has 0 spiro atoms. The summed E-state index contributed by atoms with van der Waals surface area (Å²) in [5.41, 5.74) is 3.83. The smallest absolute Gasteiger partial charge is 0.490 e. The Morgan fingerprint density at radius 3 is 2.32 bits per heavy atom. The molecule has 11 nitrogen and oxygen atoms in total. The fourth-order valence-electron chi connectivity index (χ4n) is 4.27. The monoisotopic (exact) mass is 620 g/mol. The molecule has 1 aliphatic carbocycles. The number of alkyl carbamates (subject to hydrolysis) is 1. The van der Waals surface area contributed by atoms with Crippen molar-refractivity contribution in [1.82, 2.24) is 15.5 Å². The number of nitrogens with zero attached hydrogens (tertiary/aromatic N) is 1. The minimum absolute atomic E-state index is 0.00471. The zero-order chi connectivity index (χ0) is 32.9.